The lowest BCUT2D eigenvalue weighted by Gasteiger charge is -2.29. The Hall–Kier alpha value is -1.13. The van der Waals surface area contributed by atoms with Crippen LogP contribution >= 0.6 is 0 Å². The maximum absolute atomic E-state index is 5.90. The minimum atomic E-state index is 0.222. The first kappa shape index (κ1) is 15.3. The van der Waals surface area contributed by atoms with Gasteiger partial charge in [-0.2, -0.15) is 0 Å². The van der Waals surface area contributed by atoms with E-state index in [2.05, 4.69) is 42.7 Å². The number of hydrogen-bond acceptors (Lipinski definition) is 4. The number of ether oxygens (including phenoxy) is 1. The molecule has 0 N–H and O–H groups in total. The smallest absolute Gasteiger partial charge is 0.126 e. The van der Waals surface area contributed by atoms with E-state index < -0.39 is 0 Å². The van der Waals surface area contributed by atoms with Crippen LogP contribution in [0.2, 0.25) is 0 Å². The second kappa shape index (κ2) is 7.04. The molecule has 0 saturated heterocycles. The zero-order valence-corrected chi connectivity index (χ0v) is 13.2. The van der Waals surface area contributed by atoms with Crippen molar-refractivity contribution in [1.82, 2.24) is 14.8 Å². The van der Waals surface area contributed by atoms with E-state index in [-0.39, 0.29) is 6.10 Å². The number of nitrogens with zero attached hydrogens (tertiary/aromatic N) is 3. The van der Waals surface area contributed by atoms with E-state index >= 15 is 0 Å². The highest BCUT2D eigenvalue weighted by Gasteiger charge is 2.20. The fourth-order valence-corrected chi connectivity index (χ4v) is 2.65. The Morgan fingerprint density at radius 1 is 1.40 bits per heavy atom. The third-order valence-electron chi connectivity index (χ3n) is 3.60. The van der Waals surface area contributed by atoms with E-state index in [1.165, 1.54) is 17.7 Å². The molecule has 0 aliphatic carbocycles. The summed E-state index contributed by atoms with van der Waals surface area (Å²) in [5.74, 6) is 1.03. The van der Waals surface area contributed by atoms with Crippen LogP contribution in [0.4, 0.5) is 0 Å². The van der Waals surface area contributed by atoms with Gasteiger partial charge in [0.1, 0.15) is 5.75 Å². The predicted molar refractivity (Wildman–Crippen MR) is 82.2 cm³/mol. The molecule has 0 bridgehead atoms. The van der Waals surface area contributed by atoms with Crippen molar-refractivity contribution in [2.75, 3.05) is 33.7 Å². The standard InChI is InChI=1S/C16H27N3O/c1-13(2)20-16-6-8-17-15-12-19(11-7-14(15)16)10-5-9-18(3)4/h6,8,13H,5,7,9-12H2,1-4H3. The molecule has 4 nitrogen and oxygen atoms in total. The lowest BCUT2D eigenvalue weighted by Crippen LogP contribution is -2.33. The first-order chi connectivity index (χ1) is 9.56. The summed E-state index contributed by atoms with van der Waals surface area (Å²) < 4.78 is 5.90. The van der Waals surface area contributed by atoms with Crippen molar-refractivity contribution in [1.29, 1.82) is 0 Å². The van der Waals surface area contributed by atoms with E-state index in [1.807, 2.05) is 12.3 Å². The molecule has 4 heteroatoms. The topological polar surface area (TPSA) is 28.6 Å². The highest BCUT2D eigenvalue weighted by atomic mass is 16.5. The van der Waals surface area contributed by atoms with Gasteiger partial charge in [-0.25, -0.2) is 0 Å². The molecule has 0 saturated carbocycles. The number of rotatable bonds is 6. The minimum absolute atomic E-state index is 0.222. The number of hydrogen-bond donors (Lipinski definition) is 0. The van der Waals surface area contributed by atoms with Gasteiger partial charge in [0.05, 0.1) is 11.8 Å². The average Bonchev–Trinajstić information content (AvgIpc) is 2.37. The van der Waals surface area contributed by atoms with Crippen molar-refractivity contribution in [2.24, 2.45) is 0 Å². The Labute approximate surface area is 122 Å². The van der Waals surface area contributed by atoms with E-state index in [0.29, 0.717) is 0 Å². The van der Waals surface area contributed by atoms with E-state index in [1.54, 1.807) is 0 Å². The molecule has 2 rings (SSSR count). The van der Waals surface area contributed by atoms with Gasteiger partial charge >= 0.3 is 0 Å². The van der Waals surface area contributed by atoms with E-state index in [4.69, 9.17) is 4.74 Å². The molecule has 1 aromatic heterocycles. The third kappa shape index (κ3) is 4.18. The van der Waals surface area contributed by atoms with Gasteiger partial charge in [-0.3, -0.25) is 9.88 Å². The van der Waals surface area contributed by atoms with Crippen LogP contribution in [0.3, 0.4) is 0 Å². The normalized spacial score (nSPS) is 15.7. The van der Waals surface area contributed by atoms with Gasteiger partial charge in [-0.1, -0.05) is 0 Å². The van der Waals surface area contributed by atoms with Gasteiger partial charge in [0.15, 0.2) is 0 Å². The molecule has 0 spiro atoms. The van der Waals surface area contributed by atoms with Crippen LogP contribution in [0.15, 0.2) is 12.3 Å². The SMILES string of the molecule is CC(C)Oc1ccnc2c1CCN(CCCN(C)C)C2. The molecule has 0 amide bonds. The summed E-state index contributed by atoms with van der Waals surface area (Å²) in [6.07, 6.45) is 4.36. The first-order valence-electron chi connectivity index (χ1n) is 7.56. The lowest BCUT2D eigenvalue weighted by molar-refractivity contribution is 0.217. The first-order valence-corrected chi connectivity index (χ1v) is 7.56. The zero-order valence-electron chi connectivity index (χ0n) is 13.2. The Balaban J connectivity index is 1.96. The summed E-state index contributed by atoms with van der Waals surface area (Å²) >= 11 is 0. The maximum atomic E-state index is 5.90. The van der Waals surface area contributed by atoms with Crippen molar-refractivity contribution in [2.45, 2.75) is 39.3 Å². The number of aromatic nitrogens is 1. The highest BCUT2D eigenvalue weighted by molar-refractivity contribution is 5.37. The van der Waals surface area contributed by atoms with E-state index in [9.17, 15) is 0 Å². The molecule has 2 heterocycles. The average molecular weight is 277 g/mol. The molecule has 20 heavy (non-hydrogen) atoms. The van der Waals surface area contributed by atoms with Crippen LogP contribution < -0.4 is 4.74 Å². The van der Waals surface area contributed by atoms with Crippen LogP contribution in [0.5, 0.6) is 5.75 Å². The molecule has 0 unspecified atom stereocenters. The molecule has 1 aliphatic heterocycles. The highest BCUT2D eigenvalue weighted by Crippen LogP contribution is 2.27. The summed E-state index contributed by atoms with van der Waals surface area (Å²) in [5, 5.41) is 0. The van der Waals surface area contributed by atoms with Gasteiger partial charge in [0, 0.05) is 24.8 Å². The van der Waals surface area contributed by atoms with Gasteiger partial charge < -0.3 is 9.64 Å². The van der Waals surface area contributed by atoms with Crippen molar-refractivity contribution in [3.05, 3.63) is 23.5 Å². The van der Waals surface area contributed by atoms with Gasteiger partial charge in [-0.05, 0) is 59.9 Å². The largest absolute Gasteiger partial charge is 0.491 e. The fraction of sp³-hybridized carbons (Fsp3) is 0.688. The second-order valence-electron chi connectivity index (χ2n) is 6.08. The molecule has 1 aromatic rings. The summed E-state index contributed by atoms with van der Waals surface area (Å²) in [6.45, 7) is 8.51. The van der Waals surface area contributed by atoms with Gasteiger partial charge in [0.2, 0.25) is 0 Å². The van der Waals surface area contributed by atoms with Crippen LogP contribution in [0, 0.1) is 0 Å². The molecular weight excluding hydrogens is 250 g/mol. The monoisotopic (exact) mass is 277 g/mol. The maximum Gasteiger partial charge on any atom is 0.126 e. The minimum Gasteiger partial charge on any atom is -0.491 e. The molecule has 0 radical (unpaired) electrons. The van der Waals surface area contributed by atoms with E-state index in [0.717, 1.165) is 38.3 Å². The molecular formula is C16H27N3O. The third-order valence-corrected chi connectivity index (χ3v) is 3.60. The fourth-order valence-electron chi connectivity index (χ4n) is 2.65. The van der Waals surface area contributed by atoms with Crippen molar-refractivity contribution in [3.8, 4) is 5.75 Å². The van der Waals surface area contributed by atoms with Crippen molar-refractivity contribution in [3.63, 3.8) is 0 Å². The van der Waals surface area contributed by atoms with Crippen LogP contribution in [0.1, 0.15) is 31.5 Å². The lowest BCUT2D eigenvalue weighted by atomic mass is 10.0. The van der Waals surface area contributed by atoms with Crippen molar-refractivity contribution >= 4 is 0 Å². The Morgan fingerprint density at radius 2 is 2.20 bits per heavy atom. The Morgan fingerprint density at radius 3 is 2.90 bits per heavy atom. The molecule has 0 atom stereocenters. The zero-order chi connectivity index (χ0) is 14.5. The van der Waals surface area contributed by atoms with Crippen molar-refractivity contribution < 1.29 is 4.74 Å². The summed E-state index contributed by atoms with van der Waals surface area (Å²) in [4.78, 5) is 9.29. The predicted octanol–water partition coefficient (Wildman–Crippen LogP) is 2.18. The van der Waals surface area contributed by atoms with Crippen LogP contribution in [-0.4, -0.2) is 54.6 Å². The van der Waals surface area contributed by atoms with Crippen LogP contribution in [-0.2, 0) is 13.0 Å². The molecule has 112 valence electrons. The summed E-state index contributed by atoms with van der Waals surface area (Å²) in [6, 6.07) is 2.00. The van der Waals surface area contributed by atoms with Gasteiger partial charge in [-0.15, -0.1) is 0 Å². The number of pyridine rings is 1. The van der Waals surface area contributed by atoms with Crippen LogP contribution in [0.25, 0.3) is 0 Å². The second-order valence-corrected chi connectivity index (χ2v) is 6.08. The summed E-state index contributed by atoms with van der Waals surface area (Å²) in [5.41, 5.74) is 2.50. The van der Waals surface area contributed by atoms with Gasteiger partial charge in [0.25, 0.3) is 0 Å². The molecule has 0 fully saturated rings. The Bertz CT molecular complexity index is 432. The quantitative estimate of drug-likeness (QED) is 0.797. The molecule has 1 aliphatic rings. The number of fused-ring (bicyclic) bond motifs is 1. The molecule has 0 aromatic carbocycles. The summed E-state index contributed by atoms with van der Waals surface area (Å²) in [7, 11) is 4.26. The Kier molecular flexibility index (Phi) is 5.38.